The molecule has 0 atom stereocenters. The summed E-state index contributed by atoms with van der Waals surface area (Å²) >= 11 is 1.51. The molecule has 0 radical (unpaired) electrons. The van der Waals surface area contributed by atoms with Crippen LogP contribution in [0.3, 0.4) is 0 Å². The summed E-state index contributed by atoms with van der Waals surface area (Å²) in [5, 5.41) is 12.8. The van der Waals surface area contributed by atoms with E-state index in [2.05, 4.69) is 15.5 Å². The van der Waals surface area contributed by atoms with E-state index in [0.717, 1.165) is 15.7 Å². The fourth-order valence-electron chi connectivity index (χ4n) is 1.40. The van der Waals surface area contributed by atoms with Crippen LogP contribution < -0.4 is 15.8 Å². The van der Waals surface area contributed by atoms with Crippen LogP contribution in [0.15, 0.2) is 24.3 Å². The summed E-state index contributed by atoms with van der Waals surface area (Å²) in [7, 11) is 0. The lowest BCUT2D eigenvalue weighted by molar-refractivity contribution is -0.119. The number of ether oxygens (including phenoxy) is 1. The van der Waals surface area contributed by atoms with Crippen LogP contribution >= 0.6 is 11.3 Å². The summed E-state index contributed by atoms with van der Waals surface area (Å²) in [5.74, 6) is 0.131. The zero-order valence-electron chi connectivity index (χ0n) is 10.4. The minimum atomic E-state index is -0.489. The largest absolute Gasteiger partial charge is 0.484 e. The average Bonchev–Trinajstić information content (AvgIpc) is 2.81. The Morgan fingerprint density at radius 1 is 1.37 bits per heavy atom. The van der Waals surface area contributed by atoms with Gasteiger partial charge in [0.2, 0.25) is 5.13 Å². The van der Waals surface area contributed by atoms with Crippen molar-refractivity contribution in [2.24, 2.45) is 5.73 Å². The van der Waals surface area contributed by atoms with E-state index in [4.69, 9.17) is 10.5 Å². The first kappa shape index (κ1) is 13.3. The fourth-order valence-corrected chi connectivity index (χ4v) is 1.99. The first-order valence-corrected chi connectivity index (χ1v) is 6.49. The molecular formula is C12H14N4O2S. The first-order chi connectivity index (χ1) is 9.13. The van der Waals surface area contributed by atoms with Gasteiger partial charge in [0.05, 0.1) is 0 Å². The van der Waals surface area contributed by atoms with Crippen LogP contribution in [0.5, 0.6) is 5.75 Å². The predicted molar refractivity (Wildman–Crippen MR) is 73.1 cm³/mol. The molecule has 0 fully saturated rings. The van der Waals surface area contributed by atoms with E-state index in [1.54, 1.807) is 12.1 Å². The van der Waals surface area contributed by atoms with Crippen LogP contribution in [-0.4, -0.2) is 22.7 Å². The Balaban J connectivity index is 1.86. The van der Waals surface area contributed by atoms with Crippen molar-refractivity contribution in [2.45, 2.75) is 13.5 Å². The maximum atomic E-state index is 10.6. The van der Waals surface area contributed by atoms with Gasteiger partial charge in [0.1, 0.15) is 10.8 Å². The Kier molecular flexibility index (Phi) is 4.30. The van der Waals surface area contributed by atoms with Gasteiger partial charge in [-0.15, -0.1) is 10.2 Å². The zero-order valence-corrected chi connectivity index (χ0v) is 11.2. The number of nitrogens with two attached hydrogens (primary N) is 1. The maximum Gasteiger partial charge on any atom is 0.255 e. The van der Waals surface area contributed by atoms with E-state index in [1.165, 1.54) is 11.3 Å². The third kappa shape index (κ3) is 4.22. The van der Waals surface area contributed by atoms with Crippen LogP contribution in [0.4, 0.5) is 5.13 Å². The van der Waals surface area contributed by atoms with E-state index in [9.17, 15) is 4.79 Å². The van der Waals surface area contributed by atoms with E-state index < -0.39 is 5.91 Å². The summed E-state index contributed by atoms with van der Waals surface area (Å²) in [6.07, 6.45) is 0. The van der Waals surface area contributed by atoms with E-state index in [-0.39, 0.29) is 6.61 Å². The number of anilines is 1. The molecule has 1 aromatic heterocycles. The van der Waals surface area contributed by atoms with Crippen molar-refractivity contribution in [1.82, 2.24) is 10.2 Å². The Morgan fingerprint density at radius 3 is 2.68 bits per heavy atom. The predicted octanol–water partition coefficient (Wildman–Crippen LogP) is 1.32. The molecule has 0 aliphatic rings. The minimum absolute atomic E-state index is 0.109. The number of nitrogens with one attached hydrogen (secondary N) is 1. The van der Waals surface area contributed by atoms with E-state index in [0.29, 0.717) is 12.3 Å². The van der Waals surface area contributed by atoms with E-state index in [1.807, 2.05) is 19.1 Å². The first-order valence-electron chi connectivity index (χ1n) is 5.67. The molecule has 19 heavy (non-hydrogen) atoms. The number of amides is 1. The van der Waals surface area contributed by atoms with Crippen molar-refractivity contribution in [3.05, 3.63) is 34.8 Å². The van der Waals surface area contributed by atoms with Gasteiger partial charge in [-0.3, -0.25) is 4.79 Å². The monoisotopic (exact) mass is 278 g/mol. The third-order valence-corrected chi connectivity index (χ3v) is 3.07. The molecule has 0 saturated heterocycles. The molecule has 0 unspecified atom stereocenters. The van der Waals surface area contributed by atoms with Gasteiger partial charge in [-0.05, 0) is 24.6 Å². The number of carbonyl (C=O) groups excluding carboxylic acids is 1. The van der Waals surface area contributed by atoms with Gasteiger partial charge in [0.25, 0.3) is 5.91 Å². The van der Waals surface area contributed by atoms with Crippen molar-refractivity contribution >= 4 is 22.4 Å². The molecule has 6 nitrogen and oxygen atoms in total. The summed E-state index contributed by atoms with van der Waals surface area (Å²) in [5.41, 5.74) is 6.08. The lowest BCUT2D eigenvalue weighted by Crippen LogP contribution is -2.19. The average molecular weight is 278 g/mol. The Labute approximate surface area is 114 Å². The normalized spacial score (nSPS) is 10.2. The number of carbonyl (C=O) groups is 1. The summed E-state index contributed by atoms with van der Waals surface area (Å²) in [6.45, 7) is 2.46. The summed E-state index contributed by atoms with van der Waals surface area (Å²) < 4.78 is 5.17. The maximum absolute atomic E-state index is 10.6. The van der Waals surface area contributed by atoms with Gasteiger partial charge < -0.3 is 15.8 Å². The number of nitrogens with zero attached hydrogens (tertiary/aromatic N) is 2. The van der Waals surface area contributed by atoms with Crippen molar-refractivity contribution in [3.63, 3.8) is 0 Å². The van der Waals surface area contributed by atoms with Gasteiger partial charge in [0.15, 0.2) is 6.61 Å². The second-order valence-corrected chi connectivity index (χ2v) is 5.06. The van der Waals surface area contributed by atoms with Gasteiger partial charge in [0, 0.05) is 6.54 Å². The number of aromatic nitrogens is 2. The standard InChI is InChI=1S/C12H14N4O2S/c1-8-15-16-12(19-8)14-6-9-2-4-10(5-3-9)18-7-11(13)17/h2-5H,6-7H2,1H3,(H2,13,17)(H,14,16). The Morgan fingerprint density at radius 2 is 2.11 bits per heavy atom. The molecule has 1 heterocycles. The summed E-state index contributed by atoms with van der Waals surface area (Å²) in [6, 6.07) is 7.42. The second kappa shape index (κ2) is 6.14. The topological polar surface area (TPSA) is 90.1 Å². The molecule has 1 aromatic carbocycles. The molecule has 100 valence electrons. The Bertz CT molecular complexity index is 553. The Hall–Kier alpha value is -2.15. The highest BCUT2D eigenvalue weighted by Gasteiger charge is 2.01. The van der Waals surface area contributed by atoms with Crippen LogP contribution in [0.2, 0.25) is 0 Å². The SMILES string of the molecule is Cc1nnc(NCc2ccc(OCC(N)=O)cc2)s1. The molecule has 0 aliphatic carbocycles. The molecule has 7 heteroatoms. The molecule has 3 N–H and O–H groups in total. The van der Waals surface area contributed by atoms with Crippen molar-refractivity contribution in [3.8, 4) is 5.75 Å². The van der Waals surface area contributed by atoms with Crippen LogP contribution in [0.25, 0.3) is 0 Å². The number of primary amides is 1. The number of aryl methyl sites for hydroxylation is 1. The zero-order chi connectivity index (χ0) is 13.7. The quantitative estimate of drug-likeness (QED) is 0.831. The molecule has 0 spiro atoms. The highest BCUT2D eigenvalue weighted by Crippen LogP contribution is 2.16. The van der Waals surface area contributed by atoms with Gasteiger partial charge in [-0.25, -0.2) is 0 Å². The highest BCUT2D eigenvalue weighted by atomic mass is 32.1. The van der Waals surface area contributed by atoms with Crippen molar-refractivity contribution < 1.29 is 9.53 Å². The molecule has 0 bridgehead atoms. The molecular weight excluding hydrogens is 264 g/mol. The van der Waals surface area contributed by atoms with Gasteiger partial charge in [-0.1, -0.05) is 23.5 Å². The van der Waals surface area contributed by atoms with Crippen molar-refractivity contribution in [2.75, 3.05) is 11.9 Å². The molecule has 2 aromatic rings. The lowest BCUT2D eigenvalue weighted by Gasteiger charge is -2.05. The number of hydrogen-bond acceptors (Lipinski definition) is 6. The van der Waals surface area contributed by atoms with Crippen LogP contribution in [0.1, 0.15) is 10.6 Å². The number of rotatable bonds is 6. The number of benzene rings is 1. The lowest BCUT2D eigenvalue weighted by atomic mass is 10.2. The van der Waals surface area contributed by atoms with Gasteiger partial charge in [-0.2, -0.15) is 0 Å². The fraction of sp³-hybridized carbons (Fsp3) is 0.250. The van der Waals surface area contributed by atoms with Gasteiger partial charge >= 0.3 is 0 Å². The van der Waals surface area contributed by atoms with Crippen molar-refractivity contribution in [1.29, 1.82) is 0 Å². The molecule has 1 amide bonds. The molecule has 0 aliphatic heterocycles. The summed E-state index contributed by atoms with van der Waals surface area (Å²) in [4.78, 5) is 10.6. The smallest absolute Gasteiger partial charge is 0.255 e. The highest BCUT2D eigenvalue weighted by molar-refractivity contribution is 7.15. The van der Waals surface area contributed by atoms with Crippen LogP contribution in [0, 0.1) is 6.92 Å². The molecule has 0 saturated carbocycles. The van der Waals surface area contributed by atoms with E-state index >= 15 is 0 Å². The number of hydrogen-bond donors (Lipinski definition) is 2. The third-order valence-electron chi connectivity index (χ3n) is 2.27. The molecule has 2 rings (SSSR count). The minimum Gasteiger partial charge on any atom is -0.484 e. The van der Waals surface area contributed by atoms with Crippen LogP contribution in [-0.2, 0) is 11.3 Å². The second-order valence-electron chi connectivity index (χ2n) is 3.88.